The van der Waals surface area contributed by atoms with E-state index in [1.165, 1.54) is 16.0 Å². The Balaban J connectivity index is 1.96. The summed E-state index contributed by atoms with van der Waals surface area (Å²) < 4.78 is 1.17. The number of anilines is 1. The van der Waals surface area contributed by atoms with Crippen LogP contribution in [-0.2, 0) is 4.79 Å². The summed E-state index contributed by atoms with van der Waals surface area (Å²) in [5.74, 6) is -0.199. The lowest BCUT2D eigenvalue weighted by molar-refractivity contribution is -0.124. The molecule has 2 aromatic heterocycles. The molecule has 0 aliphatic heterocycles. The van der Waals surface area contributed by atoms with E-state index in [0.717, 1.165) is 17.7 Å². The number of rotatable bonds is 4. The first kappa shape index (κ1) is 13.8. The van der Waals surface area contributed by atoms with Gasteiger partial charge >= 0.3 is 0 Å². The SMILES string of the molecule is C[C@H](C(=O)NC1CC1)n1nc(-c2cccs2)cc(N)c1=O. The fraction of sp³-hybridized carbons (Fsp3) is 0.357. The number of hydrogen-bond donors (Lipinski definition) is 2. The maximum Gasteiger partial charge on any atom is 0.290 e. The topological polar surface area (TPSA) is 90.0 Å². The third-order valence-corrected chi connectivity index (χ3v) is 4.30. The molecule has 7 heteroatoms. The zero-order valence-electron chi connectivity index (χ0n) is 11.6. The van der Waals surface area contributed by atoms with Gasteiger partial charge in [0, 0.05) is 6.04 Å². The molecule has 1 aliphatic carbocycles. The normalized spacial score (nSPS) is 15.7. The highest BCUT2D eigenvalue weighted by atomic mass is 32.1. The van der Waals surface area contributed by atoms with E-state index in [-0.39, 0.29) is 17.6 Å². The zero-order valence-corrected chi connectivity index (χ0v) is 12.4. The summed E-state index contributed by atoms with van der Waals surface area (Å²) in [5.41, 5.74) is 6.04. The van der Waals surface area contributed by atoms with E-state index in [4.69, 9.17) is 5.73 Å². The number of carbonyl (C=O) groups is 1. The third kappa shape index (κ3) is 2.82. The molecule has 0 spiro atoms. The van der Waals surface area contributed by atoms with Crippen LogP contribution in [0.25, 0.3) is 10.6 Å². The lowest BCUT2D eigenvalue weighted by Gasteiger charge is -2.15. The number of nitrogens with one attached hydrogen (secondary N) is 1. The van der Waals surface area contributed by atoms with Crippen molar-refractivity contribution in [1.29, 1.82) is 0 Å². The first-order valence-electron chi connectivity index (χ1n) is 6.80. The summed E-state index contributed by atoms with van der Waals surface area (Å²) in [6.07, 6.45) is 2.00. The maximum absolute atomic E-state index is 12.1. The van der Waals surface area contributed by atoms with E-state index in [1.54, 1.807) is 13.0 Å². The van der Waals surface area contributed by atoms with Crippen molar-refractivity contribution in [3.8, 4) is 10.6 Å². The minimum absolute atomic E-state index is 0.0967. The molecule has 1 atom stereocenters. The van der Waals surface area contributed by atoms with Crippen molar-refractivity contribution >= 4 is 22.9 Å². The largest absolute Gasteiger partial charge is 0.394 e. The molecule has 1 aliphatic rings. The standard InChI is InChI=1S/C14H16N4O2S/c1-8(13(19)16-9-4-5-9)18-14(20)10(15)7-11(17-18)12-3-2-6-21-12/h2-3,6-9H,4-5,15H2,1H3,(H,16,19)/t8-/m1/s1. The monoisotopic (exact) mass is 304 g/mol. The van der Waals surface area contributed by atoms with E-state index >= 15 is 0 Å². The lowest BCUT2D eigenvalue weighted by atomic mass is 10.2. The molecular formula is C14H16N4O2S. The number of aromatic nitrogens is 2. The Hall–Kier alpha value is -2.15. The molecule has 1 fully saturated rings. The van der Waals surface area contributed by atoms with Gasteiger partial charge in [-0.1, -0.05) is 6.07 Å². The van der Waals surface area contributed by atoms with Gasteiger partial charge in [-0.3, -0.25) is 9.59 Å². The summed E-state index contributed by atoms with van der Waals surface area (Å²) >= 11 is 1.51. The average Bonchev–Trinajstić information content (AvgIpc) is 3.10. The molecule has 110 valence electrons. The minimum Gasteiger partial charge on any atom is -0.394 e. The smallest absolute Gasteiger partial charge is 0.290 e. The van der Waals surface area contributed by atoms with Gasteiger partial charge in [0.05, 0.1) is 4.88 Å². The number of nitrogen functional groups attached to an aromatic ring is 1. The summed E-state index contributed by atoms with van der Waals surface area (Å²) in [7, 11) is 0. The minimum atomic E-state index is -0.680. The first-order chi connectivity index (χ1) is 10.1. The second-order valence-corrected chi connectivity index (χ2v) is 6.12. The fourth-order valence-corrected chi connectivity index (χ4v) is 2.68. The van der Waals surface area contributed by atoms with Gasteiger partial charge in [-0.25, -0.2) is 4.68 Å². The Morgan fingerprint density at radius 1 is 1.57 bits per heavy atom. The van der Waals surface area contributed by atoms with E-state index in [2.05, 4.69) is 10.4 Å². The summed E-state index contributed by atoms with van der Waals surface area (Å²) in [4.78, 5) is 25.2. The molecule has 0 radical (unpaired) electrons. The summed E-state index contributed by atoms with van der Waals surface area (Å²) in [6, 6.07) is 4.91. The highest BCUT2D eigenvalue weighted by Gasteiger charge is 2.27. The molecule has 6 nitrogen and oxygen atoms in total. The van der Waals surface area contributed by atoms with E-state index < -0.39 is 11.6 Å². The Morgan fingerprint density at radius 3 is 2.95 bits per heavy atom. The van der Waals surface area contributed by atoms with E-state index in [9.17, 15) is 9.59 Å². The second-order valence-electron chi connectivity index (χ2n) is 5.17. The predicted molar refractivity (Wildman–Crippen MR) is 82.1 cm³/mol. The average molecular weight is 304 g/mol. The zero-order chi connectivity index (χ0) is 15.0. The van der Waals surface area contributed by atoms with Crippen molar-refractivity contribution in [3.05, 3.63) is 33.9 Å². The second kappa shape index (κ2) is 5.33. The molecule has 21 heavy (non-hydrogen) atoms. The van der Waals surface area contributed by atoms with Crippen molar-refractivity contribution in [2.75, 3.05) is 5.73 Å². The Morgan fingerprint density at radius 2 is 2.33 bits per heavy atom. The van der Waals surface area contributed by atoms with Gasteiger partial charge < -0.3 is 11.1 Å². The molecule has 0 aromatic carbocycles. The molecule has 0 unspecified atom stereocenters. The highest BCUT2D eigenvalue weighted by molar-refractivity contribution is 7.13. The van der Waals surface area contributed by atoms with Crippen LogP contribution in [0.15, 0.2) is 28.4 Å². The van der Waals surface area contributed by atoms with Gasteiger partial charge in [0.2, 0.25) is 5.91 Å². The van der Waals surface area contributed by atoms with Gasteiger partial charge in [0.1, 0.15) is 17.4 Å². The molecule has 1 saturated carbocycles. The van der Waals surface area contributed by atoms with Crippen LogP contribution in [0, 0.1) is 0 Å². The summed E-state index contributed by atoms with van der Waals surface area (Å²) in [6.45, 7) is 1.66. The molecule has 3 N–H and O–H groups in total. The van der Waals surface area contributed by atoms with Crippen molar-refractivity contribution in [3.63, 3.8) is 0 Å². The van der Waals surface area contributed by atoms with Crippen LogP contribution in [0.4, 0.5) is 5.69 Å². The quantitative estimate of drug-likeness (QED) is 0.893. The molecule has 0 bridgehead atoms. The van der Waals surface area contributed by atoms with Crippen LogP contribution in [0.2, 0.25) is 0 Å². The number of thiophene rings is 1. The van der Waals surface area contributed by atoms with E-state index in [0.29, 0.717) is 5.69 Å². The molecule has 0 saturated heterocycles. The van der Waals surface area contributed by atoms with Crippen LogP contribution < -0.4 is 16.6 Å². The summed E-state index contributed by atoms with van der Waals surface area (Å²) in [5, 5.41) is 9.10. The van der Waals surface area contributed by atoms with Gasteiger partial charge in [-0.2, -0.15) is 5.10 Å². The molecular weight excluding hydrogens is 288 g/mol. The lowest BCUT2D eigenvalue weighted by Crippen LogP contribution is -2.38. The van der Waals surface area contributed by atoms with Crippen molar-refractivity contribution < 1.29 is 4.79 Å². The van der Waals surface area contributed by atoms with Crippen molar-refractivity contribution in [2.45, 2.75) is 31.8 Å². The first-order valence-corrected chi connectivity index (χ1v) is 7.68. The van der Waals surface area contributed by atoms with Crippen LogP contribution in [0.5, 0.6) is 0 Å². The Labute approximate surface area is 125 Å². The number of nitrogens with two attached hydrogens (primary N) is 1. The number of carbonyl (C=O) groups excluding carboxylic acids is 1. The highest BCUT2D eigenvalue weighted by Crippen LogP contribution is 2.24. The number of amides is 1. The van der Waals surface area contributed by atoms with Crippen LogP contribution in [0.1, 0.15) is 25.8 Å². The third-order valence-electron chi connectivity index (χ3n) is 3.41. The van der Waals surface area contributed by atoms with Crippen LogP contribution >= 0.6 is 11.3 Å². The number of nitrogens with zero attached hydrogens (tertiary/aromatic N) is 2. The van der Waals surface area contributed by atoms with Gasteiger partial charge in [-0.15, -0.1) is 11.3 Å². The predicted octanol–water partition coefficient (Wildman–Crippen LogP) is 1.39. The number of hydrogen-bond acceptors (Lipinski definition) is 5. The van der Waals surface area contributed by atoms with Crippen molar-refractivity contribution in [1.82, 2.24) is 15.1 Å². The van der Waals surface area contributed by atoms with Crippen LogP contribution in [0.3, 0.4) is 0 Å². The maximum atomic E-state index is 12.1. The molecule has 1 amide bonds. The fourth-order valence-electron chi connectivity index (χ4n) is 2.00. The Kier molecular flexibility index (Phi) is 3.50. The Bertz CT molecular complexity index is 719. The van der Waals surface area contributed by atoms with Gasteiger partial charge in [0.25, 0.3) is 5.56 Å². The molecule has 3 rings (SSSR count). The molecule has 2 aromatic rings. The van der Waals surface area contributed by atoms with E-state index in [1.807, 2.05) is 17.5 Å². The van der Waals surface area contributed by atoms with Crippen LogP contribution in [-0.4, -0.2) is 21.7 Å². The van der Waals surface area contributed by atoms with Gasteiger partial charge in [0.15, 0.2) is 0 Å². The van der Waals surface area contributed by atoms with Crippen molar-refractivity contribution in [2.24, 2.45) is 0 Å². The molecule has 2 heterocycles. The van der Waals surface area contributed by atoms with Gasteiger partial charge in [-0.05, 0) is 37.3 Å².